The molecule has 2 atom stereocenters. The maximum absolute atomic E-state index is 14.3. The molecule has 0 bridgehead atoms. The number of hydrogen-bond acceptors (Lipinski definition) is 4. The number of nitriles is 1. The van der Waals surface area contributed by atoms with E-state index in [1.807, 2.05) is 0 Å². The second kappa shape index (κ2) is 5.73. The second-order valence-corrected chi connectivity index (χ2v) is 5.90. The van der Waals surface area contributed by atoms with Gasteiger partial charge in [0.15, 0.2) is 0 Å². The first-order chi connectivity index (χ1) is 11.5. The first-order valence-corrected chi connectivity index (χ1v) is 7.48. The summed E-state index contributed by atoms with van der Waals surface area (Å²) >= 11 is 5.91. The Bertz CT molecular complexity index is 889. The number of carbonyl (C=O) groups is 1. The van der Waals surface area contributed by atoms with Crippen LogP contribution in [0.1, 0.15) is 16.7 Å². The molecule has 0 radical (unpaired) electrons. The fraction of sp³-hybridized carbons (Fsp3) is 0.167. The molecule has 1 aliphatic carbocycles. The summed E-state index contributed by atoms with van der Waals surface area (Å²) in [5.74, 6) is -2.65. The normalized spacial score (nSPS) is 21.9. The molecule has 0 unspecified atom stereocenters. The number of benzene rings is 2. The van der Waals surface area contributed by atoms with E-state index in [9.17, 15) is 14.4 Å². The summed E-state index contributed by atoms with van der Waals surface area (Å²) in [6, 6.07) is 12.8. The van der Waals surface area contributed by atoms with E-state index in [1.165, 1.54) is 19.2 Å². The number of hydrogen-bond donors (Lipinski definition) is 1. The molecule has 1 aliphatic rings. The molecule has 24 heavy (non-hydrogen) atoms. The largest absolute Gasteiger partial charge is 0.468 e. The lowest BCUT2D eigenvalue weighted by atomic mass is 9.70. The molecule has 3 rings (SSSR count). The van der Waals surface area contributed by atoms with Gasteiger partial charge in [0.25, 0.3) is 0 Å². The van der Waals surface area contributed by atoms with Gasteiger partial charge in [-0.3, -0.25) is 4.79 Å². The lowest BCUT2D eigenvalue weighted by Crippen LogP contribution is -2.39. The Morgan fingerprint density at radius 2 is 2.00 bits per heavy atom. The van der Waals surface area contributed by atoms with E-state index < -0.39 is 23.1 Å². The minimum atomic E-state index is -1.54. The molecule has 0 aromatic heterocycles. The summed E-state index contributed by atoms with van der Waals surface area (Å²) < 4.78 is 19.1. The third kappa shape index (κ3) is 2.04. The molecule has 120 valence electrons. The molecule has 2 aromatic carbocycles. The Hall–Kier alpha value is -2.71. The summed E-state index contributed by atoms with van der Waals surface area (Å²) in [5, 5.41) is 18.8. The van der Waals surface area contributed by atoms with E-state index in [2.05, 4.69) is 6.07 Å². The zero-order valence-electron chi connectivity index (χ0n) is 12.6. The predicted molar refractivity (Wildman–Crippen MR) is 86.6 cm³/mol. The lowest BCUT2D eigenvalue weighted by Gasteiger charge is -2.28. The van der Waals surface area contributed by atoms with Gasteiger partial charge >= 0.3 is 5.97 Å². The van der Waals surface area contributed by atoms with Crippen LogP contribution in [0.4, 0.5) is 4.39 Å². The molecule has 1 N–H and O–H groups in total. The predicted octanol–water partition coefficient (Wildman–Crippen LogP) is 3.46. The quantitative estimate of drug-likeness (QED) is 0.849. The van der Waals surface area contributed by atoms with Crippen molar-refractivity contribution in [2.24, 2.45) is 5.92 Å². The summed E-state index contributed by atoms with van der Waals surface area (Å²) in [7, 11) is 1.18. The highest BCUT2D eigenvalue weighted by Crippen LogP contribution is 2.49. The number of rotatable bonds is 2. The maximum atomic E-state index is 14.3. The lowest BCUT2D eigenvalue weighted by molar-refractivity contribution is -0.143. The Kier molecular flexibility index (Phi) is 3.86. The van der Waals surface area contributed by atoms with Gasteiger partial charge in [0.1, 0.15) is 17.2 Å². The van der Waals surface area contributed by atoms with Gasteiger partial charge in [-0.1, -0.05) is 35.9 Å². The maximum Gasteiger partial charge on any atom is 0.317 e. The van der Waals surface area contributed by atoms with Crippen molar-refractivity contribution < 1.29 is 13.9 Å². The molecule has 0 fully saturated rings. The van der Waals surface area contributed by atoms with Gasteiger partial charge in [-0.05, 0) is 29.3 Å². The van der Waals surface area contributed by atoms with Crippen LogP contribution >= 0.6 is 11.6 Å². The highest BCUT2D eigenvalue weighted by molar-refractivity contribution is 6.30. The number of halogens is 2. The smallest absolute Gasteiger partial charge is 0.317 e. The Labute approximate surface area is 142 Å². The van der Waals surface area contributed by atoms with Gasteiger partial charge in [0, 0.05) is 10.6 Å². The van der Waals surface area contributed by atoms with Crippen molar-refractivity contribution in [3.8, 4) is 6.07 Å². The van der Waals surface area contributed by atoms with Crippen LogP contribution in [0.5, 0.6) is 0 Å². The summed E-state index contributed by atoms with van der Waals surface area (Å²) in [5.41, 5.74) is -1.07. The molecule has 6 heteroatoms. The van der Waals surface area contributed by atoms with Crippen molar-refractivity contribution >= 4 is 23.3 Å². The molecule has 0 saturated carbocycles. The molecule has 4 nitrogen and oxygen atoms in total. The zero-order chi connectivity index (χ0) is 17.5. The van der Waals surface area contributed by atoms with Crippen LogP contribution in [0.15, 0.2) is 42.5 Å². The fourth-order valence-corrected chi connectivity index (χ4v) is 3.41. The second-order valence-electron chi connectivity index (χ2n) is 5.46. The average molecular weight is 343 g/mol. The van der Waals surface area contributed by atoms with Gasteiger partial charge in [-0.2, -0.15) is 5.26 Å². The van der Waals surface area contributed by atoms with Crippen molar-refractivity contribution in [2.75, 3.05) is 7.11 Å². The van der Waals surface area contributed by atoms with Crippen LogP contribution in [0.25, 0.3) is 0 Å². The highest BCUT2D eigenvalue weighted by Gasteiger charge is 2.57. The third-order valence-electron chi connectivity index (χ3n) is 4.34. The summed E-state index contributed by atoms with van der Waals surface area (Å²) in [6.07, 6.45) is 0. The van der Waals surface area contributed by atoms with Crippen molar-refractivity contribution in [3.63, 3.8) is 0 Å². The van der Waals surface area contributed by atoms with Crippen molar-refractivity contribution in [1.29, 1.82) is 10.7 Å². The molecular weight excluding hydrogens is 331 g/mol. The molecular formula is C18H12ClFN2O2. The number of nitrogens with zero attached hydrogens (tertiary/aromatic N) is 1. The van der Waals surface area contributed by atoms with Gasteiger partial charge in [-0.25, -0.2) is 4.39 Å². The monoisotopic (exact) mass is 342 g/mol. The number of fused-ring (bicyclic) bond motifs is 1. The van der Waals surface area contributed by atoms with Crippen LogP contribution in [0, 0.1) is 28.5 Å². The number of carbonyl (C=O) groups excluding carboxylic acids is 1. The van der Waals surface area contributed by atoms with E-state index >= 15 is 0 Å². The first kappa shape index (κ1) is 16.2. The Balaban J connectivity index is 2.38. The molecule has 2 aromatic rings. The number of ether oxygens (including phenoxy) is 1. The number of methoxy groups -OCH3 is 1. The van der Waals surface area contributed by atoms with Gasteiger partial charge < -0.3 is 10.1 Å². The first-order valence-electron chi connectivity index (χ1n) is 7.10. The minimum Gasteiger partial charge on any atom is -0.468 e. The van der Waals surface area contributed by atoms with Crippen LogP contribution in [-0.2, 0) is 14.9 Å². The highest BCUT2D eigenvalue weighted by atomic mass is 35.5. The van der Waals surface area contributed by atoms with Crippen LogP contribution in [0.3, 0.4) is 0 Å². The molecule has 0 saturated heterocycles. The van der Waals surface area contributed by atoms with Crippen molar-refractivity contribution in [3.05, 3.63) is 70.0 Å². The minimum absolute atomic E-state index is 0.0237. The van der Waals surface area contributed by atoms with Crippen LogP contribution in [-0.4, -0.2) is 18.8 Å². The summed E-state index contributed by atoms with van der Waals surface area (Å²) in [6.45, 7) is 0. The number of nitrogens with one attached hydrogen (secondary N) is 1. The van der Waals surface area contributed by atoms with E-state index in [0.29, 0.717) is 10.6 Å². The third-order valence-corrected chi connectivity index (χ3v) is 4.59. The molecule has 0 spiro atoms. The SMILES string of the molecule is COC(=O)[C@@H]1C(=N)c2c(F)cccc2[C@]1(C#N)c1ccc(Cl)cc1. The standard InChI is InChI=1S/C18H12ClFN2O2/c1-24-17(23)15-16(22)14-12(3-2-4-13(14)20)18(15,9-21)10-5-7-11(19)8-6-10/h2-8,15,22H,1H3/t15-,18-/m0/s1. The van der Waals surface area contributed by atoms with E-state index in [4.69, 9.17) is 21.7 Å². The van der Waals surface area contributed by atoms with E-state index in [-0.39, 0.29) is 16.8 Å². The van der Waals surface area contributed by atoms with Crippen molar-refractivity contribution in [1.82, 2.24) is 0 Å². The molecule has 0 aliphatic heterocycles. The van der Waals surface area contributed by atoms with Crippen molar-refractivity contribution in [2.45, 2.75) is 5.41 Å². The molecule has 0 amide bonds. The number of esters is 1. The van der Waals surface area contributed by atoms with Crippen LogP contribution in [0.2, 0.25) is 5.02 Å². The summed E-state index contributed by atoms with van der Waals surface area (Å²) in [4.78, 5) is 12.4. The van der Waals surface area contributed by atoms with Gasteiger partial charge in [0.05, 0.1) is 18.9 Å². The van der Waals surface area contributed by atoms with Gasteiger partial charge in [-0.15, -0.1) is 0 Å². The average Bonchev–Trinajstić information content (AvgIpc) is 2.85. The zero-order valence-corrected chi connectivity index (χ0v) is 13.4. The van der Waals surface area contributed by atoms with Crippen LogP contribution < -0.4 is 0 Å². The van der Waals surface area contributed by atoms with Gasteiger partial charge in [0.2, 0.25) is 0 Å². The van der Waals surface area contributed by atoms with E-state index in [1.54, 1.807) is 30.3 Å². The fourth-order valence-electron chi connectivity index (χ4n) is 3.28. The Morgan fingerprint density at radius 3 is 2.58 bits per heavy atom. The Morgan fingerprint density at radius 1 is 1.33 bits per heavy atom. The molecule has 0 heterocycles. The van der Waals surface area contributed by atoms with E-state index in [0.717, 1.165) is 0 Å². The topological polar surface area (TPSA) is 73.9 Å².